The number of nitrogens with one attached hydrogen (secondary N) is 1. The van der Waals surface area contributed by atoms with Crippen molar-refractivity contribution < 1.29 is 23.8 Å². The van der Waals surface area contributed by atoms with Gasteiger partial charge in [0.25, 0.3) is 5.91 Å². The maximum atomic E-state index is 11.9. The number of hydrogen-bond donors (Lipinski definition) is 1. The summed E-state index contributed by atoms with van der Waals surface area (Å²) in [6.07, 6.45) is 10.8. The zero-order chi connectivity index (χ0) is 21.1. The first-order valence-corrected chi connectivity index (χ1v) is 10.1. The Bertz CT molecular complexity index is 752. The Hall–Kier alpha value is -2.76. The molecule has 6 nitrogen and oxygen atoms in total. The topological polar surface area (TPSA) is 73.9 Å². The summed E-state index contributed by atoms with van der Waals surface area (Å²) >= 11 is 0. The fourth-order valence-corrected chi connectivity index (χ4v) is 3.03. The molecule has 1 N–H and O–H groups in total. The molecular weight excluding hydrogens is 370 g/mol. The molecule has 0 unspecified atom stereocenters. The van der Waals surface area contributed by atoms with Crippen LogP contribution in [0.2, 0.25) is 0 Å². The van der Waals surface area contributed by atoms with Crippen molar-refractivity contribution >= 4 is 18.0 Å². The normalized spacial score (nSPS) is 13.9. The van der Waals surface area contributed by atoms with Crippen molar-refractivity contribution in [3.63, 3.8) is 0 Å². The number of benzene rings is 1. The molecule has 0 bridgehead atoms. The first-order valence-electron chi connectivity index (χ1n) is 10.1. The van der Waals surface area contributed by atoms with Crippen LogP contribution < -0.4 is 14.8 Å². The fourth-order valence-electron chi connectivity index (χ4n) is 3.03. The number of rotatable bonds is 10. The van der Waals surface area contributed by atoms with Gasteiger partial charge in [0, 0.05) is 12.6 Å². The van der Waals surface area contributed by atoms with Gasteiger partial charge >= 0.3 is 5.97 Å². The van der Waals surface area contributed by atoms with E-state index < -0.39 is 5.97 Å². The standard InChI is InChI=1S/C23H31NO5/c1-17(2)29-20-11-9-19(15-21(20)27-3)10-12-23(26)28-16-22(25)24-14-13-18-7-5-4-6-8-18/h7,9-12,15,17H,4-6,8,13-14,16H2,1-3H3,(H,24,25). The van der Waals surface area contributed by atoms with E-state index in [1.54, 1.807) is 25.3 Å². The molecule has 0 atom stereocenters. The highest BCUT2D eigenvalue weighted by Gasteiger charge is 2.08. The Kier molecular flexibility index (Phi) is 9.28. The SMILES string of the molecule is COc1cc(C=CC(=O)OCC(=O)NCCC2=CCCCC2)ccc1OC(C)C. The van der Waals surface area contributed by atoms with Crippen LogP contribution >= 0.6 is 0 Å². The van der Waals surface area contributed by atoms with Gasteiger partial charge in [0.2, 0.25) is 0 Å². The first kappa shape index (κ1) is 22.5. The maximum Gasteiger partial charge on any atom is 0.331 e. The molecule has 0 aromatic heterocycles. The summed E-state index contributed by atoms with van der Waals surface area (Å²) in [5, 5.41) is 2.78. The number of carbonyl (C=O) groups is 2. The highest BCUT2D eigenvalue weighted by Crippen LogP contribution is 2.29. The summed E-state index contributed by atoms with van der Waals surface area (Å²) in [5.74, 6) is 0.362. The zero-order valence-corrected chi connectivity index (χ0v) is 17.5. The van der Waals surface area contributed by atoms with E-state index in [0.717, 1.165) is 24.8 Å². The Morgan fingerprint density at radius 1 is 1.21 bits per heavy atom. The van der Waals surface area contributed by atoms with Gasteiger partial charge < -0.3 is 19.5 Å². The summed E-state index contributed by atoms with van der Waals surface area (Å²) < 4.78 is 16.0. The van der Waals surface area contributed by atoms with Gasteiger partial charge in [-0.2, -0.15) is 0 Å². The third-order valence-electron chi connectivity index (χ3n) is 4.46. The zero-order valence-electron chi connectivity index (χ0n) is 17.5. The van der Waals surface area contributed by atoms with Crippen molar-refractivity contribution in [1.29, 1.82) is 0 Å². The summed E-state index contributed by atoms with van der Waals surface area (Å²) in [6.45, 7) is 4.16. The molecule has 0 heterocycles. The second-order valence-corrected chi connectivity index (χ2v) is 7.23. The van der Waals surface area contributed by atoms with Gasteiger partial charge in [-0.1, -0.05) is 17.7 Å². The number of allylic oxidation sites excluding steroid dienone is 1. The van der Waals surface area contributed by atoms with E-state index in [0.29, 0.717) is 18.0 Å². The van der Waals surface area contributed by atoms with Crippen molar-refractivity contribution in [3.05, 3.63) is 41.5 Å². The van der Waals surface area contributed by atoms with Crippen LogP contribution in [-0.2, 0) is 14.3 Å². The van der Waals surface area contributed by atoms with Crippen LogP contribution in [-0.4, -0.2) is 38.2 Å². The van der Waals surface area contributed by atoms with Crippen molar-refractivity contribution in [3.8, 4) is 11.5 Å². The van der Waals surface area contributed by atoms with Gasteiger partial charge in [0.15, 0.2) is 18.1 Å². The second-order valence-electron chi connectivity index (χ2n) is 7.23. The lowest BCUT2D eigenvalue weighted by Crippen LogP contribution is -2.29. The molecule has 6 heteroatoms. The summed E-state index contributed by atoms with van der Waals surface area (Å²) in [6, 6.07) is 5.38. The molecule has 0 radical (unpaired) electrons. The number of hydrogen-bond acceptors (Lipinski definition) is 5. The molecule has 1 amide bonds. The van der Waals surface area contributed by atoms with E-state index in [9.17, 15) is 9.59 Å². The average molecular weight is 402 g/mol. The van der Waals surface area contributed by atoms with E-state index in [1.165, 1.54) is 24.5 Å². The van der Waals surface area contributed by atoms with E-state index in [-0.39, 0.29) is 18.6 Å². The molecule has 0 saturated heterocycles. The first-order chi connectivity index (χ1) is 14.0. The molecule has 29 heavy (non-hydrogen) atoms. The number of ether oxygens (including phenoxy) is 3. The van der Waals surface area contributed by atoms with Gasteiger partial charge in [-0.15, -0.1) is 0 Å². The molecule has 158 valence electrons. The molecule has 1 aliphatic carbocycles. The van der Waals surface area contributed by atoms with Crippen molar-refractivity contribution in [2.75, 3.05) is 20.3 Å². The van der Waals surface area contributed by atoms with Crippen molar-refractivity contribution in [2.24, 2.45) is 0 Å². The number of amides is 1. The number of esters is 1. The van der Waals surface area contributed by atoms with Crippen molar-refractivity contribution in [2.45, 2.75) is 52.1 Å². The monoisotopic (exact) mass is 401 g/mol. The third kappa shape index (κ3) is 8.42. The molecule has 0 aliphatic heterocycles. The van der Waals surface area contributed by atoms with Crippen molar-refractivity contribution in [1.82, 2.24) is 5.32 Å². The van der Waals surface area contributed by atoms with Crippen LogP contribution in [0, 0.1) is 0 Å². The van der Waals surface area contributed by atoms with Crippen LogP contribution in [0.5, 0.6) is 11.5 Å². The molecule has 1 aliphatic rings. The minimum Gasteiger partial charge on any atom is -0.493 e. The minimum absolute atomic E-state index is 0.0332. The van der Waals surface area contributed by atoms with Gasteiger partial charge in [0.1, 0.15) is 0 Å². The lowest BCUT2D eigenvalue weighted by atomic mass is 9.97. The lowest BCUT2D eigenvalue weighted by Gasteiger charge is -2.13. The summed E-state index contributed by atoms with van der Waals surface area (Å²) in [5.41, 5.74) is 2.16. The largest absolute Gasteiger partial charge is 0.493 e. The Morgan fingerprint density at radius 3 is 2.72 bits per heavy atom. The van der Waals surface area contributed by atoms with E-state index in [4.69, 9.17) is 14.2 Å². The predicted octanol–water partition coefficient (Wildman–Crippen LogP) is 4.05. The van der Waals surface area contributed by atoms with Gasteiger partial charge in [-0.3, -0.25) is 4.79 Å². The number of carbonyl (C=O) groups excluding carboxylic acids is 2. The Labute approximate surface area is 172 Å². The lowest BCUT2D eigenvalue weighted by molar-refractivity contribution is -0.143. The fraction of sp³-hybridized carbons (Fsp3) is 0.478. The molecule has 1 aromatic rings. The summed E-state index contributed by atoms with van der Waals surface area (Å²) in [7, 11) is 1.56. The van der Waals surface area contributed by atoms with Gasteiger partial charge in [-0.25, -0.2) is 4.79 Å². The van der Waals surface area contributed by atoms with E-state index in [1.807, 2.05) is 19.9 Å². The predicted molar refractivity (Wildman–Crippen MR) is 113 cm³/mol. The summed E-state index contributed by atoms with van der Waals surface area (Å²) in [4.78, 5) is 23.7. The van der Waals surface area contributed by atoms with Crippen LogP contribution in [0.3, 0.4) is 0 Å². The number of methoxy groups -OCH3 is 1. The van der Waals surface area contributed by atoms with Crippen LogP contribution in [0.1, 0.15) is 51.5 Å². The molecule has 2 rings (SSSR count). The Balaban J connectivity index is 1.74. The van der Waals surface area contributed by atoms with Crippen LogP contribution in [0.15, 0.2) is 35.9 Å². The Morgan fingerprint density at radius 2 is 2.03 bits per heavy atom. The minimum atomic E-state index is -0.573. The quantitative estimate of drug-likeness (QED) is 0.364. The molecular formula is C23H31NO5. The van der Waals surface area contributed by atoms with Gasteiger partial charge in [0.05, 0.1) is 13.2 Å². The van der Waals surface area contributed by atoms with Crippen LogP contribution in [0.4, 0.5) is 0 Å². The smallest absolute Gasteiger partial charge is 0.331 e. The molecule has 0 fully saturated rings. The van der Waals surface area contributed by atoms with E-state index in [2.05, 4.69) is 11.4 Å². The molecule has 0 spiro atoms. The molecule has 1 aromatic carbocycles. The molecule has 0 saturated carbocycles. The van der Waals surface area contributed by atoms with E-state index >= 15 is 0 Å². The average Bonchev–Trinajstić information content (AvgIpc) is 2.72. The highest BCUT2D eigenvalue weighted by molar-refractivity contribution is 5.89. The maximum absolute atomic E-state index is 11.9. The third-order valence-corrected chi connectivity index (χ3v) is 4.46. The van der Waals surface area contributed by atoms with Crippen LogP contribution in [0.25, 0.3) is 6.08 Å². The second kappa shape index (κ2) is 11.9. The highest BCUT2D eigenvalue weighted by atomic mass is 16.5. The van der Waals surface area contributed by atoms with Gasteiger partial charge in [-0.05, 0) is 69.7 Å².